The SMILES string of the molecule is CC(C)=CCN1C(=O)[C@H]2CC[C@@H]1CN(C(=O)c1noc3c1CCCC3)C2. The number of hydrogen-bond acceptors (Lipinski definition) is 4. The zero-order valence-corrected chi connectivity index (χ0v) is 15.7. The molecule has 3 saturated heterocycles. The molecule has 6 heteroatoms. The summed E-state index contributed by atoms with van der Waals surface area (Å²) < 4.78 is 5.42. The Labute approximate surface area is 154 Å². The predicted octanol–water partition coefficient (Wildman–Crippen LogP) is 2.58. The second-order valence-corrected chi connectivity index (χ2v) is 8.05. The summed E-state index contributed by atoms with van der Waals surface area (Å²) in [7, 11) is 0. The predicted molar refractivity (Wildman–Crippen MR) is 96.7 cm³/mol. The van der Waals surface area contributed by atoms with Gasteiger partial charge in [0.2, 0.25) is 5.91 Å². The highest BCUT2D eigenvalue weighted by Gasteiger charge is 2.42. The third-order valence-electron chi connectivity index (χ3n) is 5.93. The largest absolute Gasteiger partial charge is 0.360 e. The van der Waals surface area contributed by atoms with Crippen molar-refractivity contribution < 1.29 is 14.1 Å². The van der Waals surface area contributed by atoms with Crippen LogP contribution >= 0.6 is 0 Å². The van der Waals surface area contributed by atoms with Crippen LogP contribution in [0.15, 0.2) is 16.2 Å². The van der Waals surface area contributed by atoms with Gasteiger partial charge in [-0.15, -0.1) is 0 Å². The monoisotopic (exact) mass is 357 g/mol. The molecule has 2 bridgehead atoms. The van der Waals surface area contributed by atoms with E-state index in [1.165, 1.54) is 5.57 Å². The van der Waals surface area contributed by atoms with Gasteiger partial charge in [-0.1, -0.05) is 16.8 Å². The Kier molecular flexibility index (Phi) is 4.59. The molecule has 0 radical (unpaired) electrons. The number of piperidine rings is 1. The molecule has 4 aliphatic rings. The summed E-state index contributed by atoms with van der Waals surface area (Å²) in [6.45, 7) is 5.83. The maximum Gasteiger partial charge on any atom is 0.276 e. The van der Waals surface area contributed by atoms with E-state index in [9.17, 15) is 9.59 Å². The molecule has 3 aliphatic heterocycles. The molecule has 0 saturated carbocycles. The van der Waals surface area contributed by atoms with Crippen molar-refractivity contribution >= 4 is 11.8 Å². The summed E-state index contributed by atoms with van der Waals surface area (Å²) in [5, 5.41) is 4.10. The number of nitrogens with zero attached hydrogens (tertiary/aromatic N) is 3. The van der Waals surface area contributed by atoms with E-state index >= 15 is 0 Å². The fourth-order valence-corrected chi connectivity index (χ4v) is 4.43. The highest BCUT2D eigenvalue weighted by molar-refractivity contribution is 5.94. The molecule has 1 aromatic heterocycles. The number of carbonyl (C=O) groups is 2. The Hall–Kier alpha value is -2.11. The van der Waals surface area contributed by atoms with Crippen molar-refractivity contribution in [3.63, 3.8) is 0 Å². The molecular weight excluding hydrogens is 330 g/mol. The lowest BCUT2D eigenvalue weighted by molar-refractivity contribution is -0.139. The summed E-state index contributed by atoms with van der Waals surface area (Å²) >= 11 is 0. The highest BCUT2D eigenvalue weighted by atomic mass is 16.5. The smallest absolute Gasteiger partial charge is 0.276 e. The van der Waals surface area contributed by atoms with E-state index in [2.05, 4.69) is 11.2 Å². The molecule has 3 fully saturated rings. The lowest BCUT2D eigenvalue weighted by Gasteiger charge is -2.35. The van der Waals surface area contributed by atoms with Crippen LogP contribution in [-0.4, -0.2) is 52.4 Å². The summed E-state index contributed by atoms with van der Waals surface area (Å²) in [5.41, 5.74) is 2.68. The van der Waals surface area contributed by atoms with Gasteiger partial charge in [0.25, 0.3) is 5.91 Å². The summed E-state index contributed by atoms with van der Waals surface area (Å²) in [6, 6.07) is 0.100. The number of hydrogen-bond donors (Lipinski definition) is 0. The lowest BCUT2D eigenvalue weighted by atomic mass is 9.94. The molecule has 2 amide bonds. The Morgan fingerprint density at radius 2 is 2.04 bits per heavy atom. The Bertz CT molecular complexity index is 747. The topological polar surface area (TPSA) is 66.7 Å². The molecule has 2 atom stereocenters. The van der Waals surface area contributed by atoms with Crippen LogP contribution in [0.3, 0.4) is 0 Å². The summed E-state index contributed by atoms with van der Waals surface area (Å²) in [5.74, 6) is 0.909. The van der Waals surface area contributed by atoms with Crippen molar-refractivity contribution in [2.45, 2.75) is 58.4 Å². The normalized spacial score (nSPS) is 25.1. The quantitative estimate of drug-likeness (QED) is 0.780. The second-order valence-electron chi connectivity index (χ2n) is 8.05. The van der Waals surface area contributed by atoms with E-state index in [1.54, 1.807) is 0 Å². The van der Waals surface area contributed by atoms with E-state index in [0.717, 1.165) is 49.8 Å². The number of allylic oxidation sites excluding steroid dienone is 1. The van der Waals surface area contributed by atoms with Crippen LogP contribution in [0.5, 0.6) is 0 Å². The Balaban J connectivity index is 1.56. The van der Waals surface area contributed by atoms with Gasteiger partial charge in [0.15, 0.2) is 5.69 Å². The number of carbonyl (C=O) groups excluding carboxylic acids is 2. The molecule has 4 heterocycles. The molecule has 0 N–H and O–H groups in total. The molecule has 0 aromatic carbocycles. The summed E-state index contributed by atoms with van der Waals surface area (Å²) in [6.07, 6.45) is 7.84. The first kappa shape index (κ1) is 17.3. The Morgan fingerprint density at radius 3 is 2.85 bits per heavy atom. The first-order chi connectivity index (χ1) is 12.5. The van der Waals surface area contributed by atoms with Crippen LogP contribution in [0, 0.1) is 5.92 Å². The van der Waals surface area contributed by atoms with E-state index in [4.69, 9.17) is 4.52 Å². The minimum absolute atomic E-state index is 0.0642. The number of rotatable bonds is 3. The molecule has 1 aromatic rings. The molecule has 5 rings (SSSR count). The van der Waals surface area contributed by atoms with Crippen molar-refractivity contribution in [3.8, 4) is 0 Å². The summed E-state index contributed by atoms with van der Waals surface area (Å²) in [4.78, 5) is 29.8. The Morgan fingerprint density at radius 1 is 1.23 bits per heavy atom. The molecule has 6 nitrogen and oxygen atoms in total. The third kappa shape index (κ3) is 3.06. The van der Waals surface area contributed by atoms with Crippen LogP contribution in [0.2, 0.25) is 0 Å². The van der Waals surface area contributed by atoms with Crippen LogP contribution in [0.4, 0.5) is 0 Å². The van der Waals surface area contributed by atoms with E-state index in [-0.39, 0.29) is 23.8 Å². The number of fused-ring (bicyclic) bond motifs is 5. The van der Waals surface area contributed by atoms with Gasteiger partial charge in [0.05, 0.1) is 5.92 Å². The average Bonchev–Trinajstić information content (AvgIpc) is 2.86. The zero-order chi connectivity index (χ0) is 18.3. The van der Waals surface area contributed by atoms with Crippen molar-refractivity contribution in [2.75, 3.05) is 19.6 Å². The van der Waals surface area contributed by atoms with E-state index in [1.807, 2.05) is 23.6 Å². The van der Waals surface area contributed by atoms with Crippen molar-refractivity contribution in [3.05, 3.63) is 28.7 Å². The minimum Gasteiger partial charge on any atom is -0.360 e. The number of amides is 2. The van der Waals surface area contributed by atoms with Crippen LogP contribution < -0.4 is 0 Å². The first-order valence-corrected chi connectivity index (χ1v) is 9.75. The molecule has 0 spiro atoms. The van der Waals surface area contributed by atoms with Gasteiger partial charge in [0, 0.05) is 37.7 Å². The van der Waals surface area contributed by atoms with Gasteiger partial charge in [-0.05, 0) is 46.0 Å². The zero-order valence-electron chi connectivity index (χ0n) is 15.7. The maximum atomic E-state index is 13.1. The van der Waals surface area contributed by atoms with Crippen LogP contribution in [0.25, 0.3) is 0 Å². The van der Waals surface area contributed by atoms with Crippen molar-refractivity contribution in [2.24, 2.45) is 5.92 Å². The van der Waals surface area contributed by atoms with Crippen molar-refractivity contribution in [1.82, 2.24) is 15.0 Å². The van der Waals surface area contributed by atoms with Gasteiger partial charge >= 0.3 is 0 Å². The first-order valence-electron chi connectivity index (χ1n) is 9.75. The molecule has 1 aliphatic carbocycles. The maximum absolute atomic E-state index is 13.1. The number of aromatic nitrogens is 1. The standard InChI is InChI=1S/C20H27N3O3/c1-13(2)9-10-23-15-8-7-14(19(23)24)11-22(12-15)20(25)18-16-5-3-4-6-17(16)26-21-18/h9,14-15H,3-8,10-12H2,1-2H3/t14-,15+/m0/s1. The van der Waals surface area contributed by atoms with Gasteiger partial charge in [0.1, 0.15) is 5.76 Å². The highest BCUT2D eigenvalue weighted by Crippen LogP contribution is 2.31. The fraction of sp³-hybridized carbons (Fsp3) is 0.650. The molecule has 0 unspecified atom stereocenters. The van der Waals surface area contributed by atoms with Crippen molar-refractivity contribution in [1.29, 1.82) is 0 Å². The van der Waals surface area contributed by atoms with Gasteiger partial charge in [-0.25, -0.2) is 0 Å². The molecule has 26 heavy (non-hydrogen) atoms. The van der Waals surface area contributed by atoms with E-state index < -0.39 is 0 Å². The van der Waals surface area contributed by atoms with Gasteiger partial charge in [-0.2, -0.15) is 0 Å². The lowest BCUT2D eigenvalue weighted by Crippen LogP contribution is -2.48. The van der Waals surface area contributed by atoms with Gasteiger partial charge in [-0.3, -0.25) is 9.59 Å². The fourth-order valence-electron chi connectivity index (χ4n) is 4.43. The number of aryl methyl sites for hydroxylation is 1. The van der Waals surface area contributed by atoms with Crippen LogP contribution in [0.1, 0.15) is 61.3 Å². The molecular formula is C20H27N3O3. The second kappa shape index (κ2) is 6.89. The minimum atomic E-state index is -0.0917. The van der Waals surface area contributed by atoms with E-state index in [0.29, 0.717) is 25.3 Å². The average molecular weight is 357 g/mol. The third-order valence-corrected chi connectivity index (χ3v) is 5.93. The molecule has 140 valence electrons. The van der Waals surface area contributed by atoms with Crippen LogP contribution in [-0.2, 0) is 17.6 Å². The van der Waals surface area contributed by atoms with Gasteiger partial charge < -0.3 is 14.3 Å².